The molecule has 0 saturated heterocycles. The molecule has 0 N–H and O–H groups in total. The van der Waals surface area contributed by atoms with Gasteiger partial charge in [0.2, 0.25) is 0 Å². The van der Waals surface area contributed by atoms with Gasteiger partial charge >= 0.3 is 0 Å². The fraction of sp³-hybridized carbons (Fsp3) is 0.458. The number of hydrogen-bond donors (Lipinski definition) is 0. The van der Waals surface area contributed by atoms with Crippen molar-refractivity contribution in [2.24, 2.45) is 0 Å². The highest BCUT2D eigenvalue weighted by atomic mass is 32.1. The second kappa shape index (κ2) is 8.55. The number of rotatable bonds is 5. The van der Waals surface area contributed by atoms with Gasteiger partial charge in [-0.3, -0.25) is 14.2 Å². The van der Waals surface area contributed by atoms with Crippen LogP contribution in [0, 0.1) is 0 Å². The summed E-state index contributed by atoms with van der Waals surface area (Å²) in [5.74, 6) is 0.0356. The molecule has 31 heavy (non-hydrogen) atoms. The molecule has 6 nitrogen and oxygen atoms in total. The maximum absolute atomic E-state index is 13.1. The molecule has 1 aliphatic heterocycles. The number of benzene rings is 1. The Balaban J connectivity index is 1.56. The number of carbonyl (C=O) groups is 1. The maximum atomic E-state index is 13.1. The van der Waals surface area contributed by atoms with Crippen molar-refractivity contribution in [1.29, 1.82) is 0 Å². The number of fused-ring (bicyclic) bond motifs is 3. The van der Waals surface area contributed by atoms with Crippen LogP contribution in [-0.4, -0.2) is 40.6 Å². The fourth-order valence-electron chi connectivity index (χ4n) is 4.03. The smallest absolute Gasteiger partial charge is 0.262 e. The predicted molar refractivity (Wildman–Crippen MR) is 124 cm³/mol. The summed E-state index contributed by atoms with van der Waals surface area (Å²) in [6.07, 6.45) is 3.08. The second-order valence-corrected chi connectivity index (χ2v) is 10.2. The molecule has 1 aliphatic rings. The van der Waals surface area contributed by atoms with Gasteiger partial charge in [-0.05, 0) is 41.5 Å². The Bertz CT molecular complexity index is 1160. The van der Waals surface area contributed by atoms with Crippen LogP contribution in [0.25, 0.3) is 10.2 Å². The average molecular weight is 440 g/mol. The van der Waals surface area contributed by atoms with E-state index in [4.69, 9.17) is 4.74 Å². The van der Waals surface area contributed by atoms with E-state index < -0.39 is 0 Å². The topological polar surface area (TPSA) is 64.4 Å². The van der Waals surface area contributed by atoms with Gasteiger partial charge in [-0.15, -0.1) is 11.3 Å². The summed E-state index contributed by atoms with van der Waals surface area (Å²) in [5.41, 5.74) is 3.04. The van der Waals surface area contributed by atoms with Gasteiger partial charge in [0.05, 0.1) is 18.3 Å². The third kappa shape index (κ3) is 4.29. The summed E-state index contributed by atoms with van der Waals surface area (Å²) >= 11 is 1.53. The van der Waals surface area contributed by atoms with Crippen LogP contribution in [0.4, 0.5) is 0 Å². The number of nitrogens with zero attached hydrogens (tertiary/aromatic N) is 3. The molecule has 164 valence electrons. The van der Waals surface area contributed by atoms with E-state index in [2.05, 4.69) is 25.8 Å². The molecule has 3 aromatic rings. The van der Waals surface area contributed by atoms with E-state index in [1.54, 1.807) is 18.0 Å². The Morgan fingerprint density at radius 3 is 2.65 bits per heavy atom. The third-order valence-corrected chi connectivity index (χ3v) is 6.98. The van der Waals surface area contributed by atoms with E-state index in [1.807, 2.05) is 29.2 Å². The second-order valence-electron chi connectivity index (χ2n) is 9.08. The van der Waals surface area contributed by atoms with E-state index in [1.165, 1.54) is 16.9 Å². The van der Waals surface area contributed by atoms with E-state index in [0.29, 0.717) is 38.2 Å². The number of hydrogen-bond acceptors (Lipinski definition) is 5. The van der Waals surface area contributed by atoms with Crippen molar-refractivity contribution in [2.75, 3.05) is 20.3 Å². The first kappa shape index (κ1) is 21.7. The van der Waals surface area contributed by atoms with Crippen molar-refractivity contribution in [3.63, 3.8) is 0 Å². The van der Waals surface area contributed by atoms with Crippen LogP contribution >= 0.6 is 11.3 Å². The minimum atomic E-state index is 0.0103. The lowest BCUT2D eigenvalue weighted by Gasteiger charge is -2.27. The van der Waals surface area contributed by atoms with Crippen LogP contribution in [0.2, 0.25) is 0 Å². The first-order chi connectivity index (χ1) is 14.8. The molecule has 0 atom stereocenters. The monoisotopic (exact) mass is 439 g/mol. The van der Waals surface area contributed by atoms with Crippen LogP contribution < -0.4 is 5.56 Å². The van der Waals surface area contributed by atoms with Gasteiger partial charge in [0.1, 0.15) is 4.83 Å². The van der Waals surface area contributed by atoms with Gasteiger partial charge in [0.15, 0.2) is 0 Å². The zero-order valence-corrected chi connectivity index (χ0v) is 19.4. The highest BCUT2D eigenvalue weighted by Crippen LogP contribution is 2.33. The molecule has 1 amide bonds. The molecule has 7 heteroatoms. The first-order valence-corrected chi connectivity index (χ1v) is 11.5. The molecule has 1 aromatic carbocycles. The largest absolute Gasteiger partial charge is 0.385 e. The molecular formula is C24H29N3O3S. The highest BCUT2D eigenvalue weighted by Gasteiger charge is 2.27. The maximum Gasteiger partial charge on any atom is 0.262 e. The minimum Gasteiger partial charge on any atom is -0.385 e. The normalized spacial score (nSPS) is 14.1. The number of thiophene rings is 1. The molecule has 0 radical (unpaired) electrons. The van der Waals surface area contributed by atoms with Gasteiger partial charge in [0.25, 0.3) is 11.5 Å². The van der Waals surface area contributed by atoms with Crippen molar-refractivity contribution < 1.29 is 9.53 Å². The lowest BCUT2D eigenvalue weighted by Crippen LogP contribution is -2.35. The number of amides is 1. The Morgan fingerprint density at radius 1 is 1.23 bits per heavy atom. The van der Waals surface area contributed by atoms with Crippen molar-refractivity contribution in [3.05, 3.63) is 62.5 Å². The summed E-state index contributed by atoms with van der Waals surface area (Å²) < 4.78 is 6.76. The molecule has 0 fully saturated rings. The third-order valence-electron chi connectivity index (χ3n) is 5.86. The van der Waals surface area contributed by atoms with E-state index in [0.717, 1.165) is 27.1 Å². The van der Waals surface area contributed by atoms with E-state index >= 15 is 0 Å². The van der Waals surface area contributed by atoms with E-state index in [-0.39, 0.29) is 16.9 Å². The summed E-state index contributed by atoms with van der Waals surface area (Å²) in [4.78, 5) is 34.3. The van der Waals surface area contributed by atoms with Gasteiger partial charge < -0.3 is 9.64 Å². The molecule has 0 unspecified atom stereocenters. The van der Waals surface area contributed by atoms with Crippen LogP contribution in [0.5, 0.6) is 0 Å². The van der Waals surface area contributed by atoms with Gasteiger partial charge in [-0.25, -0.2) is 4.98 Å². The molecule has 4 rings (SSSR count). The zero-order chi connectivity index (χ0) is 22.2. The summed E-state index contributed by atoms with van der Waals surface area (Å²) in [6.45, 7) is 8.83. The first-order valence-electron chi connectivity index (χ1n) is 10.7. The Hall–Kier alpha value is -2.51. The molecule has 0 aliphatic carbocycles. The minimum absolute atomic E-state index is 0.0103. The molecule has 3 heterocycles. The van der Waals surface area contributed by atoms with Crippen molar-refractivity contribution in [3.8, 4) is 0 Å². The van der Waals surface area contributed by atoms with Crippen molar-refractivity contribution in [2.45, 2.75) is 52.1 Å². The van der Waals surface area contributed by atoms with Gasteiger partial charge in [-0.1, -0.05) is 32.9 Å². The standard InChI is InChI=1S/C24H29N3O3S/c1-24(2,3)17-8-6-16(7-9-17)22(28)26-12-10-18-19(14-26)31-21-20(18)23(29)27(15-25-21)11-5-13-30-4/h6-9,15H,5,10-14H2,1-4H3. The summed E-state index contributed by atoms with van der Waals surface area (Å²) in [6, 6.07) is 7.92. The number of carbonyl (C=O) groups excluding carboxylic acids is 1. The Labute approximate surface area is 186 Å². The number of aryl methyl sites for hydroxylation is 1. The lowest BCUT2D eigenvalue weighted by atomic mass is 9.86. The zero-order valence-electron chi connectivity index (χ0n) is 18.6. The molecule has 0 spiro atoms. The SMILES string of the molecule is COCCCn1cnc2sc3c(c2c1=O)CCN(C(=O)c1ccc(C(C)(C)C)cc1)C3. The van der Waals surface area contributed by atoms with Crippen LogP contribution in [0.3, 0.4) is 0 Å². The van der Waals surface area contributed by atoms with Crippen LogP contribution in [-0.2, 0) is 29.7 Å². The molecular weight excluding hydrogens is 410 g/mol. The fourth-order valence-corrected chi connectivity index (χ4v) is 5.22. The number of aromatic nitrogens is 2. The van der Waals surface area contributed by atoms with Crippen LogP contribution in [0.15, 0.2) is 35.4 Å². The summed E-state index contributed by atoms with van der Waals surface area (Å²) in [5, 5.41) is 0.724. The molecule has 0 saturated carbocycles. The quantitative estimate of drug-likeness (QED) is 0.564. The van der Waals surface area contributed by atoms with E-state index in [9.17, 15) is 9.59 Å². The van der Waals surface area contributed by atoms with Gasteiger partial charge in [-0.2, -0.15) is 0 Å². The Morgan fingerprint density at radius 2 is 1.97 bits per heavy atom. The molecule has 2 aromatic heterocycles. The predicted octanol–water partition coefficient (Wildman–Crippen LogP) is 3.99. The number of methoxy groups -OCH3 is 1. The number of ether oxygens (including phenoxy) is 1. The Kier molecular flexibility index (Phi) is 5.99. The summed E-state index contributed by atoms with van der Waals surface area (Å²) in [7, 11) is 1.66. The molecule has 0 bridgehead atoms. The lowest BCUT2D eigenvalue weighted by molar-refractivity contribution is 0.0737. The van der Waals surface area contributed by atoms with Gasteiger partial charge in [0, 0.05) is 37.2 Å². The van der Waals surface area contributed by atoms with Crippen molar-refractivity contribution >= 4 is 27.5 Å². The highest BCUT2D eigenvalue weighted by molar-refractivity contribution is 7.18. The van der Waals surface area contributed by atoms with Crippen LogP contribution in [0.1, 0.15) is 53.6 Å². The van der Waals surface area contributed by atoms with Crippen molar-refractivity contribution in [1.82, 2.24) is 14.5 Å². The average Bonchev–Trinajstić information content (AvgIpc) is 3.13.